The van der Waals surface area contributed by atoms with Crippen LogP contribution in [0.1, 0.15) is 26.7 Å². The zero-order valence-corrected chi connectivity index (χ0v) is 10.4. The van der Waals surface area contributed by atoms with Gasteiger partial charge in [0.1, 0.15) is 6.10 Å². The highest BCUT2D eigenvalue weighted by atomic mass is 16.5. The van der Waals surface area contributed by atoms with Gasteiger partial charge in [0, 0.05) is 13.1 Å². The van der Waals surface area contributed by atoms with Gasteiger partial charge in [0.25, 0.3) is 5.91 Å². The van der Waals surface area contributed by atoms with Crippen molar-refractivity contribution in [1.82, 2.24) is 10.3 Å². The number of rotatable bonds is 5. The van der Waals surface area contributed by atoms with E-state index in [1.54, 1.807) is 0 Å². The Hall–Kier alpha value is -0.650. The minimum absolute atomic E-state index is 0.158. The van der Waals surface area contributed by atoms with Gasteiger partial charge in [-0.1, -0.05) is 13.8 Å². The summed E-state index contributed by atoms with van der Waals surface area (Å²) in [6.07, 6.45) is 1.50. The predicted octanol–water partition coefficient (Wildman–Crippen LogP) is 0.112. The van der Waals surface area contributed by atoms with Crippen molar-refractivity contribution in [2.45, 2.75) is 38.9 Å². The van der Waals surface area contributed by atoms with Crippen LogP contribution in [-0.4, -0.2) is 43.2 Å². The van der Waals surface area contributed by atoms with Crippen molar-refractivity contribution in [2.24, 2.45) is 11.8 Å². The molecule has 1 heterocycles. The first kappa shape index (κ1) is 13.4. The molecule has 1 fully saturated rings. The van der Waals surface area contributed by atoms with Crippen LogP contribution in [0, 0.1) is 5.92 Å². The summed E-state index contributed by atoms with van der Waals surface area (Å²) in [6, 6.07) is 0. The summed E-state index contributed by atoms with van der Waals surface area (Å²) >= 11 is 0. The van der Waals surface area contributed by atoms with Crippen molar-refractivity contribution in [3.05, 3.63) is 0 Å². The van der Waals surface area contributed by atoms with E-state index in [0.717, 1.165) is 25.9 Å². The second-order valence-corrected chi connectivity index (χ2v) is 4.95. The number of nitrogens with zero attached hydrogens (tertiary/aromatic N) is 1. The van der Waals surface area contributed by atoms with Gasteiger partial charge in [-0.05, 0) is 25.8 Å². The fourth-order valence-electron chi connectivity index (χ4n) is 2.17. The Morgan fingerprint density at radius 1 is 1.56 bits per heavy atom. The normalized spacial score (nSPS) is 25.4. The summed E-state index contributed by atoms with van der Waals surface area (Å²) in [5, 5.41) is 0. The molecule has 5 nitrogen and oxygen atoms in total. The fraction of sp³-hybridized carbons (Fsp3) is 0.909. The second kappa shape index (κ2) is 6.18. The summed E-state index contributed by atoms with van der Waals surface area (Å²) in [4.78, 5) is 13.5. The molecule has 0 aromatic rings. The van der Waals surface area contributed by atoms with Crippen LogP contribution >= 0.6 is 0 Å². The SMILES string of the molecule is CC(C)CN(C)CC1CCC(C(=O)NN)O1. The Morgan fingerprint density at radius 2 is 2.25 bits per heavy atom. The molecule has 1 saturated heterocycles. The average molecular weight is 229 g/mol. The van der Waals surface area contributed by atoms with Crippen LogP contribution in [-0.2, 0) is 9.53 Å². The third-order valence-electron chi connectivity index (χ3n) is 2.73. The summed E-state index contributed by atoms with van der Waals surface area (Å²) in [7, 11) is 2.08. The molecule has 2 unspecified atom stereocenters. The van der Waals surface area contributed by atoms with E-state index in [9.17, 15) is 4.79 Å². The molecule has 0 radical (unpaired) electrons. The first-order valence-electron chi connectivity index (χ1n) is 5.87. The number of nitrogens with one attached hydrogen (secondary N) is 1. The van der Waals surface area contributed by atoms with Crippen LogP contribution in [0.4, 0.5) is 0 Å². The van der Waals surface area contributed by atoms with Crippen LogP contribution in [0.2, 0.25) is 0 Å². The number of ether oxygens (including phenoxy) is 1. The van der Waals surface area contributed by atoms with E-state index in [0.29, 0.717) is 5.92 Å². The lowest BCUT2D eigenvalue weighted by Crippen LogP contribution is -2.40. The smallest absolute Gasteiger partial charge is 0.263 e. The van der Waals surface area contributed by atoms with Gasteiger partial charge in [-0.3, -0.25) is 10.2 Å². The van der Waals surface area contributed by atoms with Crippen LogP contribution < -0.4 is 11.3 Å². The van der Waals surface area contributed by atoms with E-state index in [2.05, 4.69) is 31.2 Å². The number of hydrazine groups is 1. The molecule has 1 amide bonds. The zero-order valence-electron chi connectivity index (χ0n) is 10.4. The lowest BCUT2D eigenvalue weighted by atomic mass is 10.1. The minimum atomic E-state index is -0.359. The lowest BCUT2D eigenvalue weighted by Gasteiger charge is -2.22. The molecule has 94 valence electrons. The Kier molecular flexibility index (Phi) is 5.18. The van der Waals surface area contributed by atoms with Gasteiger partial charge in [0.05, 0.1) is 6.10 Å². The van der Waals surface area contributed by atoms with Crippen molar-refractivity contribution >= 4 is 5.91 Å². The fourth-order valence-corrected chi connectivity index (χ4v) is 2.17. The third kappa shape index (κ3) is 4.08. The first-order valence-corrected chi connectivity index (χ1v) is 5.87. The minimum Gasteiger partial charge on any atom is -0.364 e. The van der Waals surface area contributed by atoms with Crippen molar-refractivity contribution in [3.63, 3.8) is 0 Å². The van der Waals surface area contributed by atoms with E-state index in [1.165, 1.54) is 0 Å². The third-order valence-corrected chi connectivity index (χ3v) is 2.73. The molecule has 1 aliphatic heterocycles. The molecule has 0 saturated carbocycles. The molecular formula is C11H23N3O2. The highest BCUT2D eigenvalue weighted by molar-refractivity contribution is 5.80. The van der Waals surface area contributed by atoms with Crippen LogP contribution in [0.15, 0.2) is 0 Å². The summed E-state index contributed by atoms with van der Waals surface area (Å²) in [6.45, 7) is 6.31. The number of carbonyl (C=O) groups excluding carboxylic acids is 1. The van der Waals surface area contributed by atoms with E-state index in [-0.39, 0.29) is 18.1 Å². The number of nitrogens with two attached hydrogens (primary N) is 1. The maximum Gasteiger partial charge on any atom is 0.263 e. The number of hydrogen-bond donors (Lipinski definition) is 2. The topological polar surface area (TPSA) is 67.6 Å². The Bertz CT molecular complexity index is 233. The number of hydrogen-bond acceptors (Lipinski definition) is 4. The molecule has 0 aromatic heterocycles. The van der Waals surface area contributed by atoms with Gasteiger partial charge in [0.2, 0.25) is 0 Å². The number of amides is 1. The molecule has 1 rings (SSSR count). The Labute approximate surface area is 97.3 Å². The van der Waals surface area contributed by atoms with E-state index in [4.69, 9.17) is 10.6 Å². The van der Waals surface area contributed by atoms with Crippen molar-refractivity contribution in [1.29, 1.82) is 0 Å². The second-order valence-electron chi connectivity index (χ2n) is 4.95. The standard InChI is InChI=1S/C11H23N3O2/c1-8(2)6-14(3)7-9-4-5-10(16-9)11(15)13-12/h8-10H,4-7,12H2,1-3H3,(H,13,15). The molecule has 16 heavy (non-hydrogen) atoms. The van der Waals surface area contributed by atoms with Crippen LogP contribution in [0.5, 0.6) is 0 Å². The van der Waals surface area contributed by atoms with Gasteiger partial charge >= 0.3 is 0 Å². The molecule has 5 heteroatoms. The van der Waals surface area contributed by atoms with Gasteiger partial charge < -0.3 is 9.64 Å². The maximum absolute atomic E-state index is 11.2. The largest absolute Gasteiger partial charge is 0.364 e. The van der Waals surface area contributed by atoms with Gasteiger partial charge in [-0.15, -0.1) is 0 Å². The summed E-state index contributed by atoms with van der Waals surface area (Å²) in [5.74, 6) is 5.51. The molecule has 0 aromatic carbocycles. The first-order chi connectivity index (χ1) is 7.52. The van der Waals surface area contributed by atoms with Crippen molar-refractivity contribution < 1.29 is 9.53 Å². The molecule has 0 spiro atoms. The summed E-state index contributed by atoms with van der Waals surface area (Å²) < 4.78 is 5.63. The lowest BCUT2D eigenvalue weighted by molar-refractivity contribution is -0.132. The van der Waals surface area contributed by atoms with Gasteiger partial charge in [-0.2, -0.15) is 0 Å². The molecule has 1 aliphatic rings. The molecule has 0 bridgehead atoms. The van der Waals surface area contributed by atoms with Crippen LogP contribution in [0.25, 0.3) is 0 Å². The van der Waals surface area contributed by atoms with Crippen molar-refractivity contribution in [2.75, 3.05) is 20.1 Å². The predicted molar refractivity (Wildman–Crippen MR) is 62.6 cm³/mol. The Morgan fingerprint density at radius 3 is 2.81 bits per heavy atom. The van der Waals surface area contributed by atoms with Gasteiger partial charge in [0.15, 0.2) is 0 Å². The van der Waals surface area contributed by atoms with E-state index >= 15 is 0 Å². The number of carbonyl (C=O) groups is 1. The average Bonchev–Trinajstić information content (AvgIpc) is 2.63. The highest BCUT2D eigenvalue weighted by Crippen LogP contribution is 2.20. The van der Waals surface area contributed by atoms with E-state index in [1.807, 2.05) is 0 Å². The summed E-state index contributed by atoms with van der Waals surface area (Å²) in [5.41, 5.74) is 2.14. The molecule has 2 atom stereocenters. The highest BCUT2D eigenvalue weighted by Gasteiger charge is 2.30. The Balaban J connectivity index is 2.28. The van der Waals surface area contributed by atoms with Crippen molar-refractivity contribution in [3.8, 4) is 0 Å². The molecule has 3 N–H and O–H groups in total. The monoisotopic (exact) mass is 229 g/mol. The van der Waals surface area contributed by atoms with Gasteiger partial charge in [-0.25, -0.2) is 5.84 Å². The quantitative estimate of drug-likeness (QED) is 0.399. The van der Waals surface area contributed by atoms with Crippen LogP contribution in [0.3, 0.4) is 0 Å². The number of likely N-dealkylation sites (N-methyl/N-ethyl adjacent to an activating group) is 1. The maximum atomic E-state index is 11.2. The molecule has 0 aliphatic carbocycles. The zero-order chi connectivity index (χ0) is 12.1. The molecular weight excluding hydrogens is 206 g/mol. The van der Waals surface area contributed by atoms with E-state index < -0.39 is 0 Å².